The molecule has 0 fully saturated rings. The van der Waals surface area contributed by atoms with Gasteiger partial charge in [0.2, 0.25) is 10.0 Å². The Hall–Kier alpha value is -3.30. The molecule has 0 bridgehead atoms. The maximum absolute atomic E-state index is 12.5. The van der Waals surface area contributed by atoms with Crippen LogP contribution in [0.2, 0.25) is 0 Å². The van der Waals surface area contributed by atoms with E-state index in [2.05, 4.69) is 9.71 Å². The number of hydrogen-bond donors (Lipinski definition) is 1. The number of nitrogens with zero attached hydrogens (tertiary/aromatic N) is 2. The number of carbonyl (C=O) groups excluding carboxylic acids is 2. The number of benzene rings is 2. The van der Waals surface area contributed by atoms with Gasteiger partial charge in [0.25, 0.3) is 11.8 Å². The second-order valence-corrected chi connectivity index (χ2v) is 8.57. The molecule has 1 aliphatic heterocycles. The molecule has 0 saturated heterocycles. The van der Waals surface area contributed by atoms with Crippen LogP contribution in [0.15, 0.2) is 59.6 Å². The first-order valence-electron chi connectivity index (χ1n) is 9.31. The maximum atomic E-state index is 12.5. The van der Waals surface area contributed by atoms with E-state index in [1.807, 2.05) is 30.3 Å². The molecular weight excluding hydrogens is 406 g/mol. The summed E-state index contributed by atoms with van der Waals surface area (Å²) in [5.41, 5.74) is 1.05. The standard InChI is InChI=1S/C21H19N3O5S/c1-24-20(25)16-9-8-15(13-17(16)21(24)26)30(27,28)23-11-4-12-29-18-7-2-5-14-6-3-10-22-19(14)18/h2-3,5-10,13,23H,4,11-12H2,1H3. The number of nitrogens with one attached hydrogen (secondary N) is 1. The van der Waals surface area contributed by atoms with E-state index in [4.69, 9.17) is 4.74 Å². The normalized spacial score (nSPS) is 13.7. The van der Waals surface area contributed by atoms with Crippen molar-refractivity contribution in [1.82, 2.24) is 14.6 Å². The Bertz CT molecular complexity index is 1250. The van der Waals surface area contributed by atoms with Crippen LogP contribution < -0.4 is 9.46 Å². The second-order valence-electron chi connectivity index (χ2n) is 6.81. The molecule has 0 unspecified atom stereocenters. The average Bonchev–Trinajstić information content (AvgIpc) is 2.97. The Morgan fingerprint density at radius 3 is 2.63 bits per heavy atom. The molecular formula is C21H19N3O5S. The van der Waals surface area contributed by atoms with Crippen LogP contribution in [0.25, 0.3) is 10.9 Å². The van der Waals surface area contributed by atoms with Crippen LogP contribution in [0.5, 0.6) is 5.75 Å². The van der Waals surface area contributed by atoms with Crippen LogP contribution in [0, 0.1) is 0 Å². The zero-order chi connectivity index (χ0) is 21.3. The van der Waals surface area contributed by atoms with Gasteiger partial charge in [0.15, 0.2) is 0 Å². The van der Waals surface area contributed by atoms with Gasteiger partial charge in [0, 0.05) is 25.2 Å². The zero-order valence-corrected chi connectivity index (χ0v) is 17.0. The van der Waals surface area contributed by atoms with Crippen molar-refractivity contribution in [1.29, 1.82) is 0 Å². The lowest BCUT2D eigenvalue weighted by Gasteiger charge is -2.10. The predicted octanol–water partition coefficient (Wildman–Crippen LogP) is 2.21. The predicted molar refractivity (Wildman–Crippen MR) is 110 cm³/mol. The number of carbonyl (C=O) groups is 2. The van der Waals surface area contributed by atoms with Crippen molar-refractivity contribution in [3.8, 4) is 5.75 Å². The first kappa shape index (κ1) is 20.0. The Balaban J connectivity index is 1.36. The summed E-state index contributed by atoms with van der Waals surface area (Å²) in [5, 5.41) is 0.964. The molecule has 4 rings (SSSR count). The Morgan fingerprint density at radius 2 is 1.80 bits per heavy atom. The van der Waals surface area contributed by atoms with Crippen molar-refractivity contribution < 1.29 is 22.7 Å². The maximum Gasteiger partial charge on any atom is 0.261 e. The molecule has 1 aliphatic rings. The molecule has 2 heterocycles. The topological polar surface area (TPSA) is 106 Å². The molecule has 3 aromatic rings. The van der Waals surface area contributed by atoms with Gasteiger partial charge in [-0.1, -0.05) is 18.2 Å². The summed E-state index contributed by atoms with van der Waals surface area (Å²) in [5.74, 6) is -0.307. The second kappa shape index (κ2) is 7.85. The number of fused-ring (bicyclic) bond motifs is 2. The molecule has 9 heteroatoms. The Morgan fingerprint density at radius 1 is 1.03 bits per heavy atom. The molecule has 30 heavy (non-hydrogen) atoms. The Labute approximate surface area is 173 Å². The van der Waals surface area contributed by atoms with Gasteiger partial charge in [-0.2, -0.15) is 0 Å². The molecule has 154 valence electrons. The molecule has 2 amide bonds. The van der Waals surface area contributed by atoms with Gasteiger partial charge in [-0.25, -0.2) is 13.1 Å². The van der Waals surface area contributed by atoms with Crippen molar-refractivity contribution in [2.45, 2.75) is 11.3 Å². The molecule has 1 N–H and O–H groups in total. The van der Waals surface area contributed by atoms with Gasteiger partial charge in [-0.05, 0) is 36.8 Å². The van der Waals surface area contributed by atoms with E-state index in [0.29, 0.717) is 18.8 Å². The van der Waals surface area contributed by atoms with Gasteiger partial charge in [0.05, 0.1) is 22.6 Å². The zero-order valence-electron chi connectivity index (χ0n) is 16.2. The highest BCUT2D eigenvalue weighted by Gasteiger charge is 2.33. The summed E-state index contributed by atoms with van der Waals surface area (Å²) >= 11 is 0. The molecule has 1 aromatic heterocycles. The lowest BCUT2D eigenvalue weighted by atomic mass is 10.1. The third kappa shape index (κ3) is 3.64. The molecule has 0 spiro atoms. The third-order valence-corrected chi connectivity index (χ3v) is 6.30. The van der Waals surface area contributed by atoms with Crippen LogP contribution in [-0.4, -0.2) is 50.3 Å². The van der Waals surface area contributed by atoms with Crippen molar-refractivity contribution in [3.63, 3.8) is 0 Å². The summed E-state index contributed by atoms with van der Waals surface area (Å²) in [6.45, 7) is 0.463. The van der Waals surface area contributed by atoms with Crippen LogP contribution in [0.4, 0.5) is 0 Å². The quantitative estimate of drug-likeness (QED) is 0.460. The number of rotatable bonds is 7. The highest BCUT2D eigenvalue weighted by Crippen LogP contribution is 2.25. The van der Waals surface area contributed by atoms with Crippen molar-refractivity contribution >= 4 is 32.7 Å². The number of amides is 2. The average molecular weight is 425 g/mol. The minimum atomic E-state index is -3.82. The van der Waals surface area contributed by atoms with Gasteiger partial charge in [0.1, 0.15) is 11.3 Å². The van der Waals surface area contributed by atoms with Crippen molar-refractivity contribution in [2.24, 2.45) is 0 Å². The van der Waals surface area contributed by atoms with Crippen LogP contribution in [0.3, 0.4) is 0 Å². The van der Waals surface area contributed by atoms with E-state index >= 15 is 0 Å². The van der Waals surface area contributed by atoms with E-state index in [0.717, 1.165) is 15.8 Å². The summed E-state index contributed by atoms with van der Waals surface area (Å²) in [6.07, 6.45) is 2.13. The minimum Gasteiger partial charge on any atom is -0.491 e. The van der Waals surface area contributed by atoms with Gasteiger partial charge in [-0.15, -0.1) is 0 Å². The SMILES string of the molecule is CN1C(=O)c2ccc(S(=O)(=O)NCCCOc3cccc4cccnc34)cc2C1=O. The van der Waals surface area contributed by atoms with Crippen molar-refractivity contribution in [2.75, 3.05) is 20.2 Å². The summed E-state index contributed by atoms with van der Waals surface area (Å²) in [6, 6.07) is 13.3. The molecule has 0 radical (unpaired) electrons. The van der Waals surface area contributed by atoms with Crippen LogP contribution >= 0.6 is 0 Å². The van der Waals surface area contributed by atoms with Crippen LogP contribution in [0.1, 0.15) is 27.1 Å². The number of para-hydroxylation sites is 1. The molecule has 0 saturated carbocycles. The first-order valence-corrected chi connectivity index (χ1v) is 10.8. The summed E-state index contributed by atoms with van der Waals surface area (Å²) < 4.78 is 33.3. The fourth-order valence-electron chi connectivity index (χ4n) is 3.24. The number of aromatic nitrogens is 1. The number of pyridine rings is 1. The van der Waals surface area contributed by atoms with E-state index < -0.39 is 21.8 Å². The number of hydrogen-bond acceptors (Lipinski definition) is 6. The molecule has 2 aromatic carbocycles. The van der Waals surface area contributed by atoms with Gasteiger partial charge < -0.3 is 4.74 Å². The highest BCUT2D eigenvalue weighted by molar-refractivity contribution is 7.89. The van der Waals surface area contributed by atoms with Gasteiger partial charge >= 0.3 is 0 Å². The van der Waals surface area contributed by atoms with E-state index in [1.165, 1.54) is 25.2 Å². The molecule has 8 nitrogen and oxygen atoms in total. The number of sulfonamides is 1. The third-order valence-electron chi connectivity index (χ3n) is 4.84. The first-order chi connectivity index (χ1) is 14.4. The highest BCUT2D eigenvalue weighted by atomic mass is 32.2. The number of ether oxygens (including phenoxy) is 1. The van der Waals surface area contributed by atoms with E-state index in [1.54, 1.807) is 6.20 Å². The van der Waals surface area contributed by atoms with Crippen LogP contribution in [-0.2, 0) is 10.0 Å². The lowest BCUT2D eigenvalue weighted by molar-refractivity contribution is 0.0693. The summed E-state index contributed by atoms with van der Waals surface area (Å²) in [7, 11) is -2.46. The monoisotopic (exact) mass is 425 g/mol. The summed E-state index contributed by atoms with van der Waals surface area (Å²) in [4.78, 5) is 29.2. The van der Waals surface area contributed by atoms with Crippen molar-refractivity contribution in [3.05, 3.63) is 65.9 Å². The van der Waals surface area contributed by atoms with Gasteiger partial charge in [-0.3, -0.25) is 19.5 Å². The number of imide groups is 1. The molecule has 0 atom stereocenters. The minimum absolute atomic E-state index is 0.0585. The smallest absolute Gasteiger partial charge is 0.261 e. The van der Waals surface area contributed by atoms with E-state index in [9.17, 15) is 18.0 Å². The fraction of sp³-hybridized carbons (Fsp3) is 0.190. The Kier molecular flexibility index (Phi) is 5.23. The molecule has 0 aliphatic carbocycles. The lowest BCUT2D eigenvalue weighted by Crippen LogP contribution is -2.26. The fourth-order valence-corrected chi connectivity index (χ4v) is 4.34. The van der Waals surface area contributed by atoms with E-state index in [-0.39, 0.29) is 22.6 Å². The largest absolute Gasteiger partial charge is 0.491 e.